The van der Waals surface area contributed by atoms with Crippen molar-refractivity contribution in [2.75, 3.05) is 0 Å². The molecule has 0 spiro atoms. The normalized spacial score (nSPS) is 34.9. The van der Waals surface area contributed by atoms with Crippen LogP contribution in [0.4, 0.5) is 0 Å². The molecule has 0 aromatic carbocycles. The minimum absolute atomic E-state index is 0.408. The molecule has 0 heterocycles. The number of carbonyl (C=O) groups is 1. The summed E-state index contributed by atoms with van der Waals surface area (Å²) in [6, 6.07) is 0. The van der Waals surface area contributed by atoms with Crippen molar-refractivity contribution in [2.24, 2.45) is 11.8 Å². The molecule has 0 aliphatic heterocycles. The van der Waals surface area contributed by atoms with Crippen LogP contribution in [0.25, 0.3) is 0 Å². The van der Waals surface area contributed by atoms with Gasteiger partial charge in [0.1, 0.15) is 0 Å². The Hall–Kier alpha value is -0.570. The molecule has 2 N–H and O–H groups in total. The number of hydrogen-bond donors (Lipinski definition) is 2. The highest BCUT2D eigenvalue weighted by Crippen LogP contribution is 2.35. The number of aliphatic carboxylic acids is 1. The lowest BCUT2D eigenvalue weighted by Crippen LogP contribution is -2.42. The largest absolute Gasteiger partial charge is 0.479 e. The van der Waals surface area contributed by atoms with Gasteiger partial charge in [0.15, 0.2) is 5.60 Å². The molecule has 1 saturated carbocycles. The Balaban J connectivity index is 2.51. The van der Waals surface area contributed by atoms with Crippen molar-refractivity contribution in [3.8, 4) is 0 Å². The molecule has 0 radical (unpaired) electrons. The van der Waals surface area contributed by atoms with Gasteiger partial charge in [0, 0.05) is 0 Å². The summed E-state index contributed by atoms with van der Waals surface area (Å²) >= 11 is 0. The lowest BCUT2D eigenvalue weighted by molar-refractivity contribution is -0.163. The smallest absolute Gasteiger partial charge is 0.335 e. The molecule has 3 heteroatoms. The molecule has 1 aliphatic carbocycles. The summed E-state index contributed by atoms with van der Waals surface area (Å²) in [5.41, 5.74) is -1.44. The van der Waals surface area contributed by atoms with E-state index in [1.165, 1.54) is 0 Å². The van der Waals surface area contributed by atoms with Crippen LogP contribution in [0.3, 0.4) is 0 Å². The average Bonchev–Trinajstić information content (AvgIpc) is 2.04. The molecular weight excluding hydrogens is 168 g/mol. The van der Waals surface area contributed by atoms with Gasteiger partial charge in [-0.25, -0.2) is 4.79 Å². The van der Waals surface area contributed by atoms with Crippen molar-refractivity contribution < 1.29 is 15.0 Å². The summed E-state index contributed by atoms with van der Waals surface area (Å²) in [5, 5.41) is 18.4. The predicted octanol–water partition coefficient (Wildman–Crippen LogP) is 1.65. The van der Waals surface area contributed by atoms with Crippen LogP contribution in [0, 0.1) is 11.8 Å². The quantitative estimate of drug-likeness (QED) is 0.689. The van der Waals surface area contributed by atoms with E-state index >= 15 is 0 Å². The fourth-order valence-corrected chi connectivity index (χ4v) is 2.00. The first kappa shape index (κ1) is 10.5. The highest BCUT2D eigenvalue weighted by atomic mass is 16.4. The summed E-state index contributed by atoms with van der Waals surface area (Å²) in [6.07, 6.45) is 2.48. The van der Waals surface area contributed by atoms with Crippen LogP contribution < -0.4 is 0 Å². The molecule has 0 aromatic rings. The molecular formula is C10H18O3. The number of hydrogen-bond acceptors (Lipinski definition) is 2. The first-order valence-corrected chi connectivity index (χ1v) is 4.91. The van der Waals surface area contributed by atoms with E-state index in [1.54, 1.807) is 0 Å². The van der Waals surface area contributed by atoms with E-state index in [-0.39, 0.29) is 0 Å². The van der Waals surface area contributed by atoms with Gasteiger partial charge in [-0.05, 0) is 37.5 Å². The minimum atomic E-state index is -1.44. The molecule has 3 nitrogen and oxygen atoms in total. The van der Waals surface area contributed by atoms with Crippen LogP contribution in [-0.4, -0.2) is 21.8 Å². The summed E-state index contributed by atoms with van der Waals surface area (Å²) in [4.78, 5) is 10.7. The maximum atomic E-state index is 10.7. The summed E-state index contributed by atoms with van der Waals surface area (Å²) < 4.78 is 0. The second-order valence-corrected chi connectivity index (χ2v) is 4.42. The zero-order chi connectivity index (χ0) is 10.1. The van der Waals surface area contributed by atoms with E-state index < -0.39 is 11.6 Å². The third kappa shape index (κ3) is 2.21. The van der Waals surface area contributed by atoms with Crippen molar-refractivity contribution in [2.45, 2.75) is 45.1 Å². The van der Waals surface area contributed by atoms with Crippen molar-refractivity contribution >= 4 is 5.97 Å². The van der Waals surface area contributed by atoms with Gasteiger partial charge in [0.2, 0.25) is 0 Å². The third-order valence-corrected chi connectivity index (χ3v) is 3.20. The fraction of sp³-hybridized carbons (Fsp3) is 0.900. The van der Waals surface area contributed by atoms with Gasteiger partial charge in [-0.3, -0.25) is 0 Å². The van der Waals surface area contributed by atoms with Crippen molar-refractivity contribution in [3.05, 3.63) is 0 Å². The van der Waals surface area contributed by atoms with Crippen LogP contribution in [0.1, 0.15) is 39.5 Å². The molecule has 0 saturated heterocycles. The zero-order valence-corrected chi connectivity index (χ0v) is 8.29. The van der Waals surface area contributed by atoms with E-state index in [0.29, 0.717) is 24.7 Å². The van der Waals surface area contributed by atoms with E-state index in [1.807, 2.05) is 0 Å². The van der Waals surface area contributed by atoms with E-state index in [9.17, 15) is 9.90 Å². The van der Waals surface area contributed by atoms with Crippen molar-refractivity contribution in [3.63, 3.8) is 0 Å². The Kier molecular flexibility index (Phi) is 2.96. The fourth-order valence-electron chi connectivity index (χ4n) is 2.00. The van der Waals surface area contributed by atoms with Gasteiger partial charge in [-0.15, -0.1) is 0 Å². The number of carboxylic acids is 1. The molecule has 1 rings (SSSR count). The maximum Gasteiger partial charge on any atom is 0.335 e. The second kappa shape index (κ2) is 3.66. The van der Waals surface area contributed by atoms with E-state index in [2.05, 4.69) is 13.8 Å². The van der Waals surface area contributed by atoms with Crippen molar-refractivity contribution in [1.82, 2.24) is 0 Å². The lowest BCUT2D eigenvalue weighted by Gasteiger charge is -2.34. The van der Waals surface area contributed by atoms with Gasteiger partial charge in [-0.1, -0.05) is 13.8 Å². The maximum absolute atomic E-state index is 10.7. The summed E-state index contributed by atoms with van der Waals surface area (Å²) in [7, 11) is 0. The van der Waals surface area contributed by atoms with Crippen molar-refractivity contribution in [1.29, 1.82) is 0 Å². The first-order chi connectivity index (χ1) is 5.96. The van der Waals surface area contributed by atoms with Gasteiger partial charge < -0.3 is 10.2 Å². The SMILES string of the molecule is CC(C)C1CCC(O)(C(=O)O)CC1. The molecule has 0 aromatic heterocycles. The summed E-state index contributed by atoms with van der Waals surface area (Å²) in [6.45, 7) is 4.30. The molecule has 0 unspecified atom stereocenters. The van der Waals surface area contributed by atoms with E-state index in [4.69, 9.17) is 5.11 Å². The van der Waals surface area contributed by atoms with E-state index in [0.717, 1.165) is 12.8 Å². The monoisotopic (exact) mass is 186 g/mol. The Morgan fingerprint density at radius 1 is 1.38 bits per heavy atom. The lowest BCUT2D eigenvalue weighted by atomic mass is 9.75. The molecule has 1 aliphatic rings. The summed E-state index contributed by atoms with van der Waals surface area (Å²) in [5.74, 6) is 0.118. The van der Waals surface area contributed by atoms with Gasteiger partial charge in [0.25, 0.3) is 0 Å². The Morgan fingerprint density at radius 2 is 1.85 bits per heavy atom. The van der Waals surface area contributed by atoms with Gasteiger partial charge >= 0.3 is 5.97 Å². The second-order valence-electron chi connectivity index (χ2n) is 4.42. The number of rotatable bonds is 2. The Labute approximate surface area is 78.8 Å². The Bertz CT molecular complexity index is 190. The highest BCUT2D eigenvalue weighted by molar-refractivity contribution is 5.77. The van der Waals surface area contributed by atoms with Crippen LogP contribution in [0.2, 0.25) is 0 Å². The van der Waals surface area contributed by atoms with Crippen LogP contribution in [0.5, 0.6) is 0 Å². The molecule has 0 amide bonds. The number of aliphatic hydroxyl groups is 1. The van der Waals surface area contributed by atoms with Crippen LogP contribution in [0.15, 0.2) is 0 Å². The zero-order valence-electron chi connectivity index (χ0n) is 8.29. The first-order valence-electron chi connectivity index (χ1n) is 4.91. The van der Waals surface area contributed by atoms with Crippen LogP contribution >= 0.6 is 0 Å². The highest BCUT2D eigenvalue weighted by Gasteiger charge is 2.40. The van der Waals surface area contributed by atoms with Crippen LogP contribution in [-0.2, 0) is 4.79 Å². The number of carboxylic acid groups (broad SMARTS) is 1. The van der Waals surface area contributed by atoms with Gasteiger partial charge in [0.05, 0.1) is 0 Å². The Morgan fingerprint density at radius 3 is 2.15 bits per heavy atom. The molecule has 1 fully saturated rings. The molecule has 0 bridgehead atoms. The minimum Gasteiger partial charge on any atom is -0.479 e. The molecule has 76 valence electrons. The average molecular weight is 186 g/mol. The third-order valence-electron chi connectivity index (χ3n) is 3.20. The topological polar surface area (TPSA) is 57.5 Å². The predicted molar refractivity (Wildman–Crippen MR) is 49.4 cm³/mol. The van der Waals surface area contributed by atoms with Gasteiger partial charge in [-0.2, -0.15) is 0 Å². The standard InChI is InChI=1S/C10H18O3/c1-7(2)8-3-5-10(13,6-4-8)9(11)12/h7-8,13H,3-6H2,1-2H3,(H,11,12). The molecule has 0 atom stereocenters. The molecule has 13 heavy (non-hydrogen) atoms.